The number of aliphatic hydroxyl groups is 1. The molecule has 0 bridgehead atoms. The van der Waals surface area contributed by atoms with E-state index >= 15 is 0 Å². The SMILES string of the molecule is NC(CO)C(=O)NC(Cc1c[nH]c2ccccc12)C(=O)NC(CCC(=O)O)C(=O)NC(Cc1ccc(O)cc1)C(=O)O. The normalized spacial score (nSPS) is 13.9. The molecule has 0 saturated carbocycles. The Morgan fingerprint density at radius 2 is 1.43 bits per heavy atom. The van der Waals surface area contributed by atoms with Crippen molar-refractivity contribution >= 4 is 40.6 Å². The van der Waals surface area contributed by atoms with Gasteiger partial charge in [0, 0.05) is 36.4 Å². The highest BCUT2D eigenvalue weighted by molar-refractivity contribution is 5.95. The van der Waals surface area contributed by atoms with Crippen LogP contribution in [0.4, 0.5) is 0 Å². The van der Waals surface area contributed by atoms with E-state index < -0.39 is 66.9 Å². The first-order valence-corrected chi connectivity index (χ1v) is 13.0. The first-order chi connectivity index (χ1) is 20.0. The summed E-state index contributed by atoms with van der Waals surface area (Å²) in [5, 5.41) is 45.6. The van der Waals surface area contributed by atoms with Crippen LogP contribution in [0.2, 0.25) is 0 Å². The number of H-pyrrole nitrogens is 1. The summed E-state index contributed by atoms with van der Waals surface area (Å²) in [6.07, 6.45) is 0.550. The number of rotatable bonds is 15. The highest BCUT2D eigenvalue weighted by Gasteiger charge is 2.31. The van der Waals surface area contributed by atoms with Crippen molar-refractivity contribution in [2.45, 2.75) is 49.9 Å². The third-order valence-corrected chi connectivity index (χ3v) is 6.54. The molecule has 1 aromatic heterocycles. The summed E-state index contributed by atoms with van der Waals surface area (Å²) in [6, 6.07) is 7.38. The van der Waals surface area contributed by atoms with Crippen molar-refractivity contribution in [2.75, 3.05) is 6.61 Å². The maximum Gasteiger partial charge on any atom is 0.326 e. The number of amides is 3. The van der Waals surface area contributed by atoms with Gasteiger partial charge < -0.3 is 47.1 Å². The first-order valence-electron chi connectivity index (χ1n) is 13.0. The van der Waals surface area contributed by atoms with Crippen molar-refractivity contribution in [2.24, 2.45) is 5.73 Å². The lowest BCUT2D eigenvalue weighted by molar-refractivity contribution is -0.143. The summed E-state index contributed by atoms with van der Waals surface area (Å²) in [5.41, 5.74) is 7.53. The van der Waals surface area contributed by atoms with E-state index in [9.17, 15) is 44.4 Å². The molecule has 42 heavy (non-hydrogen) atoms. The molecule has 224 valence electrons. The lowest BCUT2D eigenvalue weighted by atomic mass is 10.0. The van der Waals surface area contributed by atoms with Gasteiger partial charge in [0.2, 0.25) is 17.7 Å². The summed E-state index contributed by atoms with van der Waals surface area (Å²) < 4.78 is 0. The second-order valence-electron chi connectivity index (χ2n) is 9.68. The molecule has 0 radical (unpaired) electrons. The van der Waals surface area contributed by atoms with Crippen LogP contribution in [0.5, 0.6) is 5.75 Å². The van der Waals surface area contributed by atoms with Crippen LogP contribution in [0.3, 0.4) is 0 Å². The zero-order chi connectivity index (χ0) is 30.8. The molecule has 1 heterocycles. The van der Waals surface area contributed by atoms with Gasteiger partial charge in [0.05, 0.1) is 6.61 Å². The number of carboxylic acids is 2. The molecular weight excluding hydrogens is 550 g/mol. The Kier molecular flexibility index (Phi) is 11.0. The molecule has 0 fully saturated rings. The average molecular weight is 584 g/mol. The highest BCUT2D eigenvalue weighted by Crippen LogP contribution is 2.19. The van der Waals surface area contributed by atoms with Gasteiger partial charge in [-0.3, -0.25) is 19.2 Å². The summed E-state index contributed by atoms with van der Waals surface area (Å²) in [4.78, 5) is 65.4. The number of aromatic amines is 1. The zero-order valence-corrected chi connectivity index (χ0v) is 22.4. The van der Waals surface area contributed by atoms with Gasteiger partial charge in [-0.1, -0.05) is 30.3 Å². The van der Waals surface area contributed by atoms with Crippen LogP contribution in [0.1, 0.15) is 24.0 Å². The van der Waals surface area contributed by atoms with E-state index in [1.54, 1.807) is 18.3 Å². The van der Waals surface area contributed by atoms with Gasteiger partial charge in [-0.05, 0) is 35.7 Å². The molecule has 14 nitrogen and oxygen atoms in total. The number of carbonyl (C=O) groups is 5. The number of nitrogens with one attached hydrogen (secondary N) is 4. The number of hydrogen-bond donors (Lipinski definition) is 9. The van der Waals surface area contributed by atoms with Crippen molar-refractivity contribution in [1.82, 2.24) is 20.9 Å². The van der Waals surface area contributed by atoms with Gasteiger partial charge in [-0.25, -0.2) is 4.79 Å². The van der Waals surface area contributed by atoms with E-state index in [-0.39, 0.29) is 25.0 Å². The number of carboxylic acid groups (broad SMARTS) is 2. The van der Waals surface area contributed by atoms with Crippen molar-refractivity contribution < 1.29 is 44.4 Å². The Morgan fingerprint density at radius 1 is 0.810 bits per heavy atom. The Balaban J connectivity index is 1.82. The van der Waals surface area contributed by atoms with Crippen LogP contribution in [0.25, 0.3) is 10.9 Å². The Morgan fingerprint density at radius 3 is 2.07 bits per heavy atom. The minimum absolute atomic E-state index is 0.0275. The van der Waals surface area contributed by atoms with Crippen molar-refractivity contribution in [1.29, 1.82) is 0 Å². The van der Waals surface area contributed by atoms with Gasteiger partial charge >= 0.3 is 11.9 Å². The molecule has 3 rings (SSSR count). The van der Waals surface area contributed by atoms with E-state index in [0.717, 1.165) is 10.9 Å². The Hall–Kier alpha value is -4.95. The lowest BCUT2D eigenvalue weighted by Crippen LogP contribution is -2.58. The molecule has 0 saturated heterocycles. The maximum atomic E-state index is 13.4. The number of fused-ring (bicyclic) bond motifs is 1. The fourth-order valence-corrected chi connectivity index (χ4v) is 4.24. The number of aromatic hydroxyl groups is 1. The minimum Gasteiger partial charge on any atom is -0.508 e. The molecule has 2 aromatic carbocycles. The van der Waals surface area contributed by atoms with Crippen molar-refractivity contribution in [3.8, 4) is 5.75 Å². The van der Waals surface area contributed by atoms with E-state index in [2.05, 4.69) is 20.9 Å². The molecule has 3 aromatic rings. The number of benzene rings is 2. The van der Waals surface area contributed by atoms with E-state index in [4.69, 9.17) is 5.73 Å². The summed E-state index contributed by atoms with van der Waals surface area (Å²) in [6.45, 7) is -0.686. The van der Waals surface area contributed by atoms with Crippen LogP contribution in [0, 0.1) is 0 Å². The van der Waals surface area contributed by atoms with Crippen LogP contribution >= 0.6 is 0 Å². The van der Waals surface area contributed by atoms with Crippen LogP contribution in [-0.4, -0.2) is 85.8 Å². The van der Waals surface area contributed by atoms with Gasteiger partial charge in [-0.15, -0.1) is 0 Å². The number of aliphatic carboxylic acids is 2. The van der Waals surface area contributed by atoms with E-state index in [1.807, 2.05) is 12.1 Å². The van der Waals surface area contributed by atoms with Crippen LogP contribution < -0.4 is 21.7 Å². The van der Waals surface area contributed by atoms with E-state index in [0.29, 0.717) is 11.1 Å². The third kappa shape index (κ3) is 8.78. The standard InChI is InChI=1S/C28H33N5O9/c29-19(14-34)25(38)32-22(12-16-13-30-20-4-2-1-3-18(16)20)27(40)31-21(9-10-24(36)37)26(39)33-23(28(41)42)11-15-5-7-17(35)8-6-15/h1-8,13,19,21-23,30,34-35H,9-12,14,29H2,(H,31,40)(H,32,38)(H,33,39)(H,36,37)(H,41,42). The largest absolute Gasteiger partial charge is 0.508 e. The maximum absolute atomic E-state index is 13.4. The predicted molar refractivity (Wildman–Crippen MR) is 149 cm³/mol. The predicted octanol–water partition coefficient (Wildman–Crippen LogP) is -0.618. The molecular formula is C28H33N5O9. The summed E-state index contributed by atoms with van der Waals surface area (Å²) in [5.74, 6) is -5.28. The monoisotopic (exact) mass is 583 g/mol. The third-order valence-electron chi connectivity index (χ3n) is 6.54. The van der Waals surface area contributed by atoms with Gasteiger partial charge in [0.15, 0.2) is 0 Å². The van der Waals surface area contributed by atoms with Crippen LogP contribution in [-0.2, 0) is 36.8 Å². The highest BCUT2D eigenvalue weighted by atomic mass is 16.4. The number of phenols is 1. The van der Waals surface area contributed by atoms with Gasteiger partial charge in [0.1, 0.15) is 29.9 Å². The zero-order valence-electron chi connectivity index (χ0n) is 22.4. The molecule has 4 unspecified atom stereocenters. The lowest BCUT2D eigenvalue weighted by Gasteiger charge is -2.25. The molecule has 0 aliphatic rings. The molecule has 0 aliphatic carbocycles. The molecule has 0 aliphatic heterocycles. The fraction of sp³-hybridized carbons (Fsp3) is 0.321. The minimum atomic E-state index is -1.47. The molecule has 0 spiro atoms. The number of hydrogen-bond acceptors (Lipinski definition) is 8. The number of para-hydroxylation sites is 1. The molecule has 4 atom stereocenters. The number of aromatic nitrogens is 1. The second-order valence-corrected chi connectivity index (χ2v) is 9.68. The number of phenolic OH excluding ortho intramolecular Hbond substituents is 1. The average Bonchev–Trinajstić information content (AvgIpc) is 3.37. The topological polar surface area (TPSA) is 244 Å². The number of nitrogens with two attached hydrogens (primary N) is 1. The van der Waals surface area contributed by atoms with Crippen molar-refractivity contribution in [3.63, 3.8) is 0 Å². The van der Waals surface area contributed by atoms with Crippen LogP contribution in [0.15, 0.2) is 54.7 Å². The fourth-order valence-electron chi connectivity index (χ4n) is 4.24. The van der Waals surface area contributed by atoms with E-state index in [1.165, 1.54) is 24.3 Å². The summed E-state index contributed by atoms with van der Waals surface area (Å²) >= 11 is 0. The van der Waals surface area contributed by atoms with Crippen molar-refractivity contribution in [3.05, 3.63) is 65.9 Å². The quantitative estimate of drug-likeness (QED) is 0.110. The number of aliphatic hydroxyl groups excluding tert-OH is 1. The Bertz CT molecular complexity index is 1420. The molecule has 10 N–H and O–H groups in total. The Labute approximate surface area is 239 Å². The molecule has 14 heteroatoms. The first kappa shape index (κ1) is 31.6. The van der Waals surface area contributed by atoms with Gasteiger partial charge in [-0.2, -0.15) is 0 Å². The molecule has 3 amide bonds. The number of carbonyl (C=O) groups excluding carboxylic acids is 3. The van der Waals surface area contributed by atoms with Gasteiger partial charge in [0.25, 0.3) is 0 Å². The smallest absolute Gasteiger partial charge is 0.326 e. The second kappa shape index (κ2) is 14.6. The summed E-state index contributed by atoms with van der Waals surface area (Å²) in [7, 11) is 0.